The van der Waals surface area contributed by atoms with Crippen LogP contribution >= 0.6 is 0 Å². The number of methoxy groups -OCH3 is 3. The zero-order chi connectivity index (χ0) is 16.0. The minimum absolute atomic E-state index is 0.254. The fraction of sp³-hybridized carbons (Fsp3) is 0.500. The molecule has 0 aliphatic rings. The number of ketones is 1. The largest absolute Gasteiger partial charge is 0.496 e. The van der Waals surface area contributed by atoms with E-state index in [-0.39, 0.29) is 11.7 Å². The maximum Gasteiger partial charge on any atom is 0.183 e. The molecule has 5 heteroatoms. The fourth-order valence-electron chi connectivity index (χ4n) is 2.10. The molecule has 0 spiro atoms. The van der Waals surface area contributed by atoms with Crippen molar-refractivity contribution in [1.82, 2.24) is 0 Å². The van der Waals surface area contributed by atoms with Crippen molar-refractivity contribution in [2.45, 2.75) is 20.3 Å². The highest BCUT2D eigenvalue weighted by molar-refractivity contribution is 6.02. The number of carbonyl (C=O) groups excluding carboxylic acids is 1. The molecule has 0 aromatic heterocycles. The maximum absolute atomic E-state index is 12.6. The summed E-state index contributed by atoms with van der Waals surface area (Å²) in [6.07, 6.45) is 0.507. The van der Waals surface area contributed by atoms with E-state index < -0.39 is 5.92 Å². The topological polar surface area (TPSA) is 68.5 Å². The molecule has 0 saturated heterocycles. The molecule has 5 nitrogen and oxygen atoms in total. The van der Waals surface area contributed by atoms with Gasteiger partial charge in [0.25, 0.3) is 0 Å². The van der Waals surface area contributed by atoms with Crippen molar-refractivity contribution >= 4 is 5.78 Å². The van der Waals surface area contributed by atoms with Crippen LogP contribution in [0.3, 0.4) is 0 Å². The Hall–Kier alpha value is -2.22. The van der Waals surface area contributed by atoms with Crippen LogP contribution in [0.5, 0.6) is 17.2 Å². The van der Waals surface area contributed by atoms with Gasteiger partial charge in [-0.25, -0.2) is 0 Å². The van der Waals surface area contributed by atoms with Crippen molar-refractivity contribution in [2.24, 2.45) is 11.8 Å². The minimum atomic E-state index is -0.697. The van der Waals surface area contributed by atoms with Gasteiger partial charge in [0.15, 0.2) is 17.3 Å². The smallest absolute Gasteiger partial charge is 0.183 e. The SMILES string of the molecule is COc1cc(OC)c(C(=O)C(C#N)CC(C)C)cc1OC. The number of rotatable bonds is 7. The molecule has 0 bridgehead atoms. The Morgan fingerprint density at radius 3 is 2.05 bits per heavy atom. The first-order valence-corrected chi connectivity index (χ1v) is 6.72. The van der Waals surface area contributed by atoms with E-state index >= 15 is 0 Å². The van der Waals surface area contributed by atoms with Gasteiger partial charge in [0.1, 0.15) is 11.7 Å². The summed E-state index contributed by atoms with van der Waals surface area (Å²) in [6, 6.07) is 5.23. The molecular weight excluding hydrogens is 270 g/mol. The van der Waals surface area contributed by atoms with E-state index in [4.69, 9.17) is 14.2 Å². The minimum Gasteiger partial charge on any atom is -0.496 e. The molecule has 0 heterocycles. The van der Waals surface area contributed by atoms with Gasteiger partial charge in [-0.15, -0.1) is 0 Å². The fourth-order valence-corrected chi connectivity index (χ4v) is 2.10. The van der Waals surface area contributed by atoms with E-state index in [9.17, 15) is 10.1 Å². The normalized spacial score (nSPS) is 11.7. The van der Waals surface area contributed by atoms with Gasteiger partial charge in [-0.05, 0) is 18.4 Å². The Bertz CT molecular complexity index is 546. The number of nitriles is 1. The van der Waals surface area contributed by atoms with Crippen LogP contribution in [0.1, 0.15) is 30.6 Å². The Morgan fingerprint density at radius 2 is 1.62 bits per heavy atom. The average Bonchev–Trinajstić information content (AvgIpc) is 2.50. The zero-order valence-electron chi connectivity index (χ0n) is 13.1. The molecule has 0 aliphatic heterocycles. The van der Waals surface area contributed by atoms with Gasteiger partial charge in [-0.1, -0.05) is 13.8 Å². The summed E-state index contributed by atoms with van der Waals surface area (Å²) in [4.78, 5) is 12.6. The number of hydrogen-bond acceptors (Lipinski definition) is 5. The Kier molecular flexibility index (Phi) is 6.04. The monoisotopic (exact) mass is 291 g/mol. The lowest BCUT2D eigenvalue weighted by Gasteiger charge is -2.16. The van der Waals surface area contributed by atoms with Crippen LogP contribution in [0.4, 0.5) is 0 Å². The van der Waals surface area contributed by atoms with Gasteiger partial charge in [0, 0.05) is 6.07 Å². The van der Waals surface area contributed by atoms with Crippen molar-refractivity contribution in [1.29, 1.82) is 5.26 Å². The quantitative estimate of drug-likeness (QED) is 0.722. The molecule has 1 aromatic carbocycles. The highest BCUT2D eigenvalue weighted by Crippen LogP contribution is 2.36. The first-order chi connectivity index (χ1) is 9.98. The van der Waals surface area contributed by atoms with E-state index in [0.717, 1.165) is 0 Å². The molecule has 1 unspecified atom stereocenters. The number of Topliss-reactive ketones (excluding diaryl/α,β-unsaturated/α-hetero) is 1. The third kappa shape index (κ3) is 3.88. The molecule has 1 aromatic rings. The highest BCUT2D eigenvalue weighted by atomic mass is 16.5. The first kappa shape index (κ1) is 16.8. The van der Waals surface area contributed by atoms with Gasteiger partial charge in [-0.3, -0.25) is 4.79 Å². The third-order valence-corrected chi connectivity index (χ3v) is 3.15. The summed E-state index contributed by atoms with van der Waals surface area (Å²) in [6.45, 7) is 3.95. The van der Waals surface area contributed by atoms with Crippen molar-refractivity contribution in [2.75, 3.05) is 21.3 Å². The van der Waals surface area contributed by atoms with Crippen LogP contribution in [-0.4, -0.2) is 27.1 Å². The van der Waals surface area contributed by atoms with Crippen molar-refractivity contribution < 1.29 is 19.0 Å². The maximum atomic E-state index is 12.6. The molecule has 0 N–H and O–H groups in total. The molecule has 0 fully saturated rings. The number of ether oxygens (including phenoxy) is 3. The molecule has 1 rings (SSSR count). The third-order valence-electron chi connectivity index (χ3n) is 3.15. The summed E-state index contributed by atoms with van der Waals surface area (Å²) >= 11 is 0. The van der Waals surface area contributed by atoms with Gasteiger partial charge in [0.05, 0.1) is 33.0 Å². The number of benzene rings is 1. The lowest BCUT2D eigenvalue weighted by Crippen LogP contribution is -2.16. The van der Waals surface area contributed by atoms with E-state index in [1.165, 1.54) is 21.3 Å². The lowest BCUT2D eigenvalue weighted by atomic mass is 9.90. The number of carbonyl (C=O) groups is 1. The molecule has 0 saturated carbocycles. The Morgan fingerprint density at radius 1 is 1.10 bits per heavy atom. The van der Waals surface area contributed by atoms with Crippen molar-refractivity contribution in [3.63, 3.8) is 0 Å². The number of nitrogens with zero attached hydrogens (tertiary/aromatic N) is 1. The molecule has 21 heavy (non-hydrogen) atoms. The molecule has 0 radical (unpaired) electrons. The second kappa shape index (κ2) is 7.53. The van der Waals surface area contributed by atoms with Crippen molar-refractivity contribution in [3.05, 3.63) is 17.7 Å². The second-order valence-corrected chi connectivity index (χ2v) is 5.08. The van der Waals surface area contributed by atoms with E-state index in [2.05, 4.69) is 6.07 Å². The van der Waals surface area contributed by atoms with Crippen LogP contribution in [-0.2, 0) is 0 Å². The standard InChI is InChI=1S/C16H21NO4/c1-10(2)6-11(9-17)16(18)12-7-14(20-4)15(21-5)8-13(12)19-3/h7-8,10-11H,6H2,1-5H3. The summed E-state index contributed by atoms with van der Waals surface area (Å²) in [5.74, 6) is 0.582. The Labute approximate surface area is 125 Å². The number of hydrogen-bond donors (Lipinski definition) is 0. The van der Waals surface area contributed by atoms with Crippen LogP contribution < -0.4 is 14.2 Å². The van der Waals surface area contributed by atoms with Crippen LogP contribution in [0.15, 0.2) is 12.1 Å². The van der Waals surface area contributed by atoms with Crippen molar-refractivity contribution in [3.8, 4) is 23.3 Å². The van der Waals surface area contributed by atoms with Crippen LogP contribution in [0.2, 0.25) is 0 Å². The van der Waals surface area contributed by atoms with Gasteiger partial charge in [-0.2, -0.15) is 5.26 Å². The van der Waals surface area contributed by atoms with Gasteiger partial charge >= 0.3 is 0 Å². The predicted molar refractivity (Wildman–Crippen MR) is 79.0 cm³/mol. The van der Waals surface area contributed by atoms with E-state index in [1.54, 1.807) is 12.1 Å². The molecule has 114 valence electrons. The van der Waals surface area contributed by atoms with Crippen LogP contribution in [0.25, 0.3) is 0 Å². The summed E-state index contributed by atoms with van der Waals surface area (Å²) in [7, 11) is 4.48. The summed E-state index contributed by atoms with van der Waals surface area (Å²) < 4.78 is 15.6. The first-order valence-electron chi connectivity index (χ1n) is 6.72. The molecule has 0 aliphatic carbocycles. The Balaban J connectivity index is 3.27. The van der Waals surface area contributed by atoms with E-state index in [0.29, 0.717) is 29.2 Å². The summed E-state index contributed by atoms with van der Waals surface area (Å²) in [5.41, 5.74) is 0.336. The predicted octanol–water partition coefficient (Wildman–Crippen LogP) is 3.08. The summed E-state index contributed by atoms with van der Waals surface area (Å²) in [5, 5.41) is 9.23. The highest BCUT2D eigenvalue weighted by Gasteiger charge is 2.25. The lowest BCUT2D eigenvalue weighted by molar-refractivity contribution is 0.0933. The van der Waals surface area contributed by atoms with Crippen LogP contribution in [0, 0.1) is 23.2 Å². The molecule has 1 atom stereocenters. The second-order valence-electron chi connectivity index (χ2n) is 5.08. The molecule has 0 amide bonds. The molecular formula is C16H21NO4. The van der Waals surface area contributed by atoms with Gasteiger partial charge in [0.2, 0.25) is 0 Å². The van der Waals surface area contributed by atoms with E-state index in [1.807, 2.05) is 13.8 Å². The zero-order valence-corrected chi connectivity index (χ0v) is 13.1. The van der Waals surface area contributed by atoms with Gasteiger partial charge < -0.3 is 14.2 Å². The average molecular weight is 291 g/mol.